The van der Waals surface area contributed by atoms with Crippen molar-refractivity contribution in [3.63, 3.8) is 0 Å². The number of hydrogen-bond donors (Lipinski definition) is 0. The summed E-state index contributed by atoms with van der Waals surface area (Å²) < 4.78 is 2.28. The van der Waals surface area contributed by atoms with Gasteiger partial charge in [-0.3, -0.25) is 0 Å². The fourth-order valence-electron chi connectivity index (χ4n) is 0.480. The largest absolute Gasteiger partial charge is 0.0622 e. The van der Waals surface area contributed by atoms with Gasteiger partial charge in [0.2, 0.25) is 0 Å². The minimum Gasteiger partial charge on any atom is -0.0622 e. The molecule has 0 bridgehead atoms. The zero-order chi connectivity index (χ0) is 9.72. The van der Waals surface area contributed by atoms with E-state index in [1.54, 1.807) is 0 Å². The van der Waals surface area contributed by atoms with Crippen LogP contribution in [0.5, 0.6) is 0 Å². The topological polar surface area (TPSA) is 0 Å². The highest BCUT2D eigenvalue weighted by Gasteiger charge is 1.90. The van der Waals surface area contributed by atoms with Gasteiger partial charge in [-0.2, -0.15) is 0 Å². The second kappa shape index (κ2) is 5.76. The molecule has 0 radical (unpaired) electrons. The summed E-state index contributed by atoms with van der Waals surface area (Å²) in [6.07, 6.45) is 4.10. The molecule has 0 rings (SSSR count). The summed E-state index contributed by atoms with van der Waals surface area (Å²) in [5.74, 6) is 0. The molecule has 68 valence electrons. The molecule has 2 heteroatoms. The zero-order valence-corrected chi connectivity index (χ0v) is 11.1. The summed E-state index contributed by atoms with van der Waals surface area (Å²) in [5.41, 5.74) is 2.56. The molecule has 0 aromatic carbocycles. The van der Waals surface area contributed by atoms with Crippen LogP contribution in [0.25, 0.3) is 0 Å². The lowest BCUT2D eigenvalue weighted by molar-refractivity contribution is 1.37. The first kappa shape index (κ1) is 12.2. The SMILES string of the molecule is CC(C)=C(Br)/C=C/C(Br)=C(C)C. The van der Waals surface area contributed by atoms with Crippen LogP contribution in [0.1, 0.15) is 27.7 Å². The molecule has 0 saturated heterocycles. The Labute approximate surface area is 91.7 Å². The minimum absolute atomic E-state index is 1.14. The zero-order valence-electron chi connectivity index (χ0n) is 7.91. The molecule has 0 N–H and O–H groups in total. The molecular weight excluding hydrogens is 280 g/mol. The average Bonchev–Trinajstić information content (AvgIpc) is 1.98. The predicted octanol–water partition coefficient (Wildman–Crippen LogP) is 4.92. The van der Waals surface area contributed by atoms with Gasteiger partial charge in [-0.1, -0.05) is 43.0 Å². The van der Waals surface area contributed by atoms with E-state index in [4.69, 9.17) is 0 Å². The lowest BCUT2D eigenvalue weighted by Gasteiger charge is -1.95. The molecule has 0 saturated carbocycles. The quantitative estimate of drug-likeness (QED) is 0.634. The fourth-order valence-corrected chi connectivity index (χ4v) is 0.744. The Kier molecular flexibility index (Phi) is 5.85. The molecule has 0 aliphatic heterocycles. The van der Waals surface area contributed by atoms with Gasteiger partial charge in [-0.05, 0) is 39.8 Å². The van der Waals surface area contributed by atoms with Crippen molar-refractivity contribution in [2.24, 2.45) is 0 Å². The molecule has 0 heterocycles. The van der Waals surface area contributed by atoms with Gasteiger partial charge in [0, 0.05) is 8.96 Å². The molecule has 0 aromatic rings. The number of hydrogen-bond acceptors (Lipinski definition) is 0. The highest BCUT2D eigenvalue weighted by molar-refractivity contribution is 9.12. The lowest BCUT2D eigenvalue weighted by Crippen LogP contribution is -1.72. The van der Waals surface area contributed by atoms with Crippen LogP contribution in [0.3, 0.4) is 0 Å². The Morgan fingerprint density at radius 2 is 1.00 bits per heavy atom. The standard InChI is InChI=1S/C10H14Br2/c1-7(2)9(11)5-6-10(12)8(3)4/h5-6H,1-4H3/b6-5+. The van der Waals surface area contributed by atoms with E-state index in [-0.39, 0.29) is 0 Å². The Balaban J connectivity index is 4.48. The van der Waals surface area contributed by atoms with Crippen molar-refractivity contribution in [1.82, 2.24) is 0 Å². The van der Waals surface area contributed by atoms with Crippen LogP contribution in [0.4, 0.5) is 0 Å². The van der Waals surface area contributed by atoms with E-state index >= 15 is 0 Å². The van der Waals surface area contributed by atoms with E-state index in [1.165, 1.54) is 11.1 Å². The van der Waals surface area contributed by atoms with Crippen molar-refractivity contribution in [2.45, 2.75) is 27.7 Å². The molecule has 12 heavy (non-hydrogen) atoms. The molecule has 0 nitrogen and oxygen atoms in total. The highest BCUT2D eigenvalue weighted by Crippen LogP contribution is 2.17. The van der Waals surface area contributed by atoms with E-state index < -0.39 is 0 Å². The summed E-state index contributed by atoms with van der Waals surface area (Å²) in [5, 5.41) is 0. The van der Waals surface area contributed by atoms with E-state index in [0.29, 0.717) is 0 Å². The first-order chi connectivity index (χ1) is 5.45. The normalized spacial score (nSPS) is 10.2. The number of rotatable bonds is 2. The van der Waals surface area contributed by atoms with Gasteiger partial charge >= 0.3 is 0 Å². The Morgan fingerprint density at radius 1 is 0.750 bits per heavy atom. The van der Waals surface area contributed by atoms with Crippen LogP contribution in [0, 0.1) is 0 Å². The maximum atomic E-state index is 3.47. The van der Waals surface area contributed by atoms with Gasteiger partial charge in [0.05, 0.1) is 0 Å². The molecular formula is C10H14Br2. The van der Waals surface area contributed by atoms with E-state index in [9.17, 15) is 0 Å². The van der Waals surface area contributed by atoms with Crippen LogP contribution in [-0.4, -0.2) is 0 Å². The third kappa shape index (κ3) is 4.94. The van der Waals surface area contributed by atoms with Gasteiger partial charge < -0.3 is 0 Å². The van der Waals surface area contributed by atoms with Crippen LogP contribution >= 0.6 is 31.9 Å². The maximum absolute atomic E-state index is 3.47. The lowest BCUT2D eigenvalue weighted by atomic mass is 10.3. The van der Waals surface area contributed by atoms with Gasteiger partial charge in [-0.25, -0.2) is 0 Å². The minimum atomic E-state index is 1.14. The fraction of sp³-hybridized carbons (Fsp3) is 0.400. The van der Waals surface area contributed by atoms with Gasteiger partial charge in [0.25, 0.3) is 0 Å². The Morgan fingerprint density at radius 3 is 1.17 bits per heavy atom. The van der Waals surface area contributed by atoms with Gasteiger partial charge in [0.15, 0.2) is 0 Å². The maximum Gasteiger partial charge on any atom is 0.0162 e. The highest BCUT2D eigenvalue weighted by atomic mass is 79.9. The summed E-state index contributed by atoms with van der Waals surface area (Å²) in [7, 11) is 0. The molecule has 0 atom stereocenters. The number of allylic oxidation sites excluding steroid dienone is 6. The molecule has 0 unspecified atom stereocenters. The Hall–Kier alpha value is 0.180. The van der Waals surface area contributed by atoms with E-state index in [0.717, 1.165) is 8.96 Å². The van der Waals surface area contributed by atoms with Crippen LogP contribution in [-0.2, 0) is 0 Å². The first-order valence-corrected chi connectivity index (χ1v) is 5.37. The van der Waals surface area contributed by atoms with Crippen LogP contribution < -0.4 is 0 Å². The van der Waals surface area contributed by atoms with E-state index in [2.05, 4.69) is 59.6 Å². The monoisotopic (exact) mass is 292 g/mol. The Bertz CT molecular complexity index is 211. The average molecular weight is 294 g/mol. The second-order valence-corrected chi connectivity index (χ2v) is 4.74. The van der Waals surface area contributed by atoms with Crippen molar-refractivity contribution in [3.05, 3.63) is 32.3 Å². The third-order valence-electron chi connectivity index (χ3n) is 1.33. The van der Waals surface area contributed by atoms with Crippen molar-refractivity contribution in [2.75, 3.05) is 0 Å². The van der Waals surface area contributed by atoms with Gasteiger partial charge in [-0.15, -0.1) is 0 Å². The second-order valence-electron chi connectivity index (χ2n) is 3.03. The molecule has 0 fully saturated rings. The third-order valence-corrected chi connectivity index (χ3v) is 3.45. The molecule has 0 aliphatic carbocycles. The summed E-state index contributed by atoms with van der Waals surface area (Å²) in [4.78, 5) is 0. The predicted molar refractivity (Wildman–Crippen MR) is 63.7 cm³/mol. The van der Waals surface area contributed by atoms with Crippen molar-refractivity contribution in [1.29, 1.82) is 0 Å². The number of halogens is 2. The van der Waals surface area contributed by atoms with Crippen LogP contribution in [0.15, 0.2) is 32.3 Å². The smallest absolute Gasteiger partial charge is 0.0162 e. The van der Waals surface area contributed by atoms with E-state index in [1.807, 2.05) is 12.2 Å². The summed E-state index contributed by atoms with van der Waals surface area (Å²) in [6, 6.07) is 0. The van der Waals surface area contributed by atoms with Crippen molar-refractivity contribution in [3.8, 4) is 0 Å². The van der Waals surface area contributed by atoms with Crippen molar-refractivity contribution >= 4 is 31.9 Å². The molecule has 0 amide bonds. The van der Waals surface area contributed by atoms with Crippen LogP contribution in [0.2, 0.25) is 0 Å². The van der Waals surface area contributed by atoms with Crippen molar-refractivity contribution < 1.29 is 0 Å². The molecule has 0 aromatic heterocycles. The van der Waals surface area contributed by atoms with Gasteiger partial charge in [0.1, 0.15) is 0 Å². The summed E-state index contributed by atoms with van der Waals surface area (Å²) >= 11 is 6.94. The first-order valence-electron chi connectivity index (χ1n) is 3.79. The molecule has 0 spiro atoms. The summed E-state index contributed by atoms with van der Waals surface area (Å²) in [6.45, 7) is 8.30. The molecule has 0 aliphatic rings.